The molecule has 0 aromatic carbocycles. The second-order valence-electron chi connectivity index (χ2n) is 2.92. The highest BCUT2D eigenvalue weighted by atomic mass is 16.4. The minimum absolute atomic E-state index is 0.0114. The maximum atomic E-state index is 11.2. The number of aliphatic carboxylic acids is 1. The van der Waals surface area contributed by atoms with Gasteiger partial charge in [-0.3, -0.25) is 4.79 Å². The molecule has 0 fully saturated rings. The van der Waals surface area contributed by atoms with Crippen molar-refractivity contribution in [2.75, 3.05) is 13.7 Å². The van der Waals surface area contributed by atoms with Crippen molar-refractivity contribution in [3.63, 3.8) is 0 Å². The van der Waals surface area contributed by atoms with Crippen LogP contribution in [0.1, 0.15) is 13.3 Å². The molecule has 14 heavy (non-hydrogen) atoms. The fraction of sp³-hybridized carbons (Fsp3) is 0.750. The minimum Gasteiger partial charge on any atom is -0.480 e. The largest absolute Gasteiger partial charge is 0.480 e. The summed E-state index contributed by atoms with van der Waals surface area (Å²) in [6.45, 7) is 1.35. The molecular weight excluding hydrogens is 188 g/mol. The lowest BCUT2D eigenvalue weighted by atomic mass is 10.2. The molecule has 82 valence electrons. The average molecular weight is 204 g/mol. The lowest BCUT2D eigenvalue weighted by Crippen LogP contribution is -2.48. The van der Waals surface area contributed by atoms with Crippen LogP contribution in [0.5, 0.6) is 0 Å². The van der Waals surface area contributed by atoms with E-state index >= 15 is 0 Å². The van der Waals surface area contributed by atoms with Crippen LogP contribution in [0.2, 0.25) is 0 Å². The van der Waals surface area contributed by atoms with E-state index < -0.39 is 24.0 Å². The molecule has 0 saturated heterocycles. The van der Waals surface area contributed by atoms with Crippen LogP contribution in [0.15, 0.2) is 0 Å². The second-order valence-corrected chi connectivity index (χ2v) is 2.92. The number of hydrogen-bond donors (Lipinski definition) is 4. The average Bonchev–Trinajstić information content (AvgIpc) is 2.15. The number of hydrogen-bond acceptors (Lipinski definition) is 4. The highest BCUT2D eigenvalue weighted by Gasteiger charge is 2.21. The number of carboxylic acids is 1. The first-order valence-corrected chi connectivity index (χ1v) is 4.34. The van der Waals surface area contributed by atoms with Gasteiger partial charge in [0.15, 0.2) is 0 Å². The molecule has 0 saturated carbocycles. The predicted molar refractivity (Wildman–Crippen MR) is 49.8 cm³/mol. The summed E-state index contributed by atoms with van der Waals surface area (Å²) in [5, 5.41) is 22.2. The first-order chi connectivity index (χ1) is 6.52. The van der Waals surface area contributed by atoms with E-state index in [0.29, 0.717) is 0 Å². The molecule has 0 aliphatic rings. The molecule has 0 aromatic heterocycles. The Hall–Kier alpha value is -1.14. The number of aliphatic hydroxyl groups is 1. The number of nitrogens with one attached hydrogen (secondary N) is 2. The maximum Gasteiger partial charge on any atom is 0.326 e. The van der Waals surface area contributed by atoms with Gasteiger partial charge in [-0.2, -0.15) is 0 Å². The van der Waals surface area contributed by atoms with E-state index in [1.165, 1.54) is 0 Å². The Morgan fingerprint density at radius 1 is 1.43 bits per heavy atom. The van der Waals surface area contributed by atoms with Gasteiger partial charge in [0.05, 0.1) is 6.04 Å². The highest BCUT2D eigenvalue weighted by molar-refractivity contribution is 5.86. The summed E-state index contributed by atoms with van der Waals surface area (Å²) in [6.07, 6.45) is 0.0114. The summed E-state index contributed by atoms with van der Waals surface area (Å²) in [5.74, 6) is -1.54. The van der Waals surface area contributed by atoms with Crippen molar-refractivity contribution >= 4 is 11.9 Å². The smallest absolute Gasteiger partial charge is 0.326 e. The summed E-state index contributed by atoms with van der Waals surface area (Å²) in [7, 11) is 1.60. The second kappa shape index (κ2) is 6.33. The third-order valence-corrected chi connectivity index (χ3v) is 1.86. The lowest BCUT2D eigenvalue weighted by molar-refractivity contribution is -0.142. The van der Waals surface area contributed by atoms with Gasteiger partial charge in [-0.15, -0.1) is 0 Å². The van der Waals surface area contributed by atoms with E-state index in [-0.39, 0.29) is 13.0 Å². The fourth-order valence-electron chi connectivity index (χ4n) is 0.814. The van der Waals surface area contributed by atoms with Crippen LogP contribution in [0, 0.1) is 0 Å². The van der Waals surface area contributed by atoms with Crippen molar-refractivity contribution < 1.29 is 19.8 Å². The molecule has 6 heteroatoms. The highest BCUT2D eigenvalue weighted by Crippen LogP contribution is 1.92. The zero-order valence-corrected chi connectivity index (χ0v) is 8.28. The Balaban J connectivity index is 4.15. The van der Waals surface area contributed by atoms with Gasteiger partial charge in [0, 0.05) is 13.0 Å². The maximum absolute atomic E-state index is 11.2. The summed E-state index contributed by atoms with van der Waals surface area (Å²) in [5.41, 5.74) is 0. The van der Waals surface area contributed by atoms with Gasteiger partial charge in [0.1, 0.15) is 6.04 Å². The molecule has 0 aromatic rings. The van der Waals surface area contributed by atoms with Gasteiger partial charge in [0.25, 0.3) is 0 Å². The van der Waals surface area contributed by atoms with Gasteiger partial charge in [-0.05, 0) is 14.0 Å². The molecule has 2 atom stereocenters. The zero-order chi connectivity index (χ0) is 11.1. The molecule has 4 N–H and O–H groups in total. The number of aliphatic hydroxyl groups excluding tert-OH is 1. The van der Waals surface area contributed by atoms with Crippen molar-refractivity contribution in [1.82, 2.24) is 10.6 Å². The normalized spacial score (nSPS) is 14.5. The van der Waals surface area contributed by atoms with Crippen LogP contribution in [0.25, 0.3) is 0 Å². The van der Waals surface area contributed by atoms with Gasteiger partial charge < -0.3 is 20.8 Å². The van der Waals surface area contributed by atoms with Crippen molar-refractivity contribution in [1.29, 1.82) is 0 Å². The molecule has 0 spiro atoms. The van der Waals surface area contributed by atoms with E-state index in [1.54, 1.807) is 14.0 Å². The molecule has 0 rings (SSSR count). The number of likely N-dealkylation sites (N-methyl/N-ethyl adjacent to an activating group) is 1. The van der Waals surface area contributed by atoms with E-state index in [4.69, 9.17) is 10.2 Å². The summed E-state index contributed by atoms with van der Waals surface area (Å²) >= 11 is 0. The van der Waals surface area contributed by atoms with E-state index in [2.05, 4.69) is 10.6 Å². The van der Waals surface area contributed by atoms with Crippen LogP contribution in [0.4, 0.5) is 0 Å². The Kier molecular flexibility index (Phi) is 5.82. The quantitative estimate of drug-likeness (QED) is 0.424. The molecule has 6 nitrogen and oxygen atoms in total. The lowest BCUT2D eigenvalue weighted by Gasteiger charge is -2.16. The van der Waals surface area contributed by atoms with Crippen molar-refractivity contribution in [3.8, 4) is 0 Å². The molecule has 0 aliphatic carbocycles. The predicted octanol–water partition coefficient (Wildman–Crippen LogP) is -1.45. The van der Waals surface area contributed by atoms with Crippen molar-refractivity contribution in [2.45, 2.75) is 25.4 Å². The van der Waals surface area contributed by atoms with Gasteiger partial charge >= 0.3 is 5.97 Å². The van der Waals surface area contributed by atoms with Gasteiger partial charge in [-0.25, -0.2) is 4.79 Å². The number of rotatable bonds is 6. The summed E-state index contributed by atoms with van der Waals surface area (Å²) < 4.78 is 0. The standard InChI is InChI=1S/C8H16N2O4/c1-5(9-2)7(12)10-6(3-4-11)8(13)14/h5-6,9,11H,3-4H2,1-2H3,(H,10,12)(H,13,14). The first-order valence-electron chi connectivity index (χ1n) is 4.34. The minimum atomic E-state index is -1.14. The molecule has 0 bridgehead atoms. The number of carboxylic acid groups (broad SMARTS) is 1. The van der Waals surface area contributed by atoms with E-state index in [9.17, 15) is 9.59 Å². The molecule has 0 aliphatic heterocycles. The Morgan fingerprint density at radius 2 is 2.00 bits per heavy atom. The van der Waals surface area contributed by atoms with Crippen LogP contribution < -0.4 is 10.6 Å². The summed E-state index contributed by atoms with van der Waals surface area (Å²) in [6, 6.07) is -1.47. The first kappa shape index (κ1) is 12.9. The fourth-order valence-corrected chi connectivity index (χ4v) is 0.814. The number of carbonyl (C=O) groups excluding carboxylic acids is 1. The van der Waals surface area contributed by atoms with Crippen molar-refractivity contribution in [3.05, 3.63) is 0 Å². The van der Waals surface area contributed by atoms with Gasteiger partial charge in [-0.1, -0.05) is 0 Å². The number of carbonyl (C=O) groups is 2. The third kappa shape index (κ3) is 4.20. The Labute approximate surface area is 82.3 Å². The summed E-state index contributed by atoms with van der Waals surface area (Å²) in [4.78, 5) is 21.8. The molecular formula is C8H16N2O4. The third-order valence-electron chi connectivity index (χ3n) is 1.86. The van der Waals surface area contributed by atoms with Crippen LogP contribution in [0.3, 0.4) is 0 Å². The Morgan fingerprint density at radius 3 is 2.36 bits per heavy atom. The Bertz CT molecular complexity index is 208. The molecule has 0 heterocycles. The monoisotopic (exact) mass is 204 g/mol. The number of amides is 1. The molecule has 2 unspecified atom stereocenters. The van der Waals surface area contributed by atoms with E-state index in [1.807, 2.05) is 0 Å². The SMILES string of the molecule is CNC(C)C(=O)NC(CCO)C(=O)O. The molecule has 0 radical (unpaired) electrons. The topological polar surface area (TPSA) is 98.7 Å². The van der Waals surface area contributed by atoms with Crippen LogP contribution in [-0.4, -0.2) is 47.8 Å². The van der Waals surface area contributed by atoms with Crippen LogP contribution in [-0.2, 0) is 9.59 Å². The van der Waals surface area contributed by atoms with Crippen molar-refractivity contribution in [2.24, 2.45) is 0 Å². The van der Waals surface area contributed by atoms with Crippen LogP contribution >= 0.6 is 0 Å². The van der Waals surface area contributed by atoms with E-state index in [0.717, 1.165) is 0 Å². The zero-order valence-electron chi connectivity index (χ0n) is 8.28. The van der Waals surface area contributed by atoms with Gasteiger partial charge in [0.2, 0.25) is 5.91 Å². The molecule has 1 amide bonds.